The monoisotopic (exact) mass is 163 g/mol. The molecule has 10 heavy (non-hydrogen) atoms. The molecule has 0 unspecified atom stereocenters. The van der Waals surface area contributed by atoms with Crippen LogP contribution in [-0.2, 0) is 4.79 Å². The maximum Gasteiger partial charge on any atom is 0.333 e. The first-order valence-electron chi connectivity index (χ1n) is 2.67. The van der Waals surface area contributed by atoms with Crippen molar-refractivity contribution in [3.63, 3.8) is 0 Å². The Bertz CT molecular complexity index is 151. The van der Waals surface area contributed by atoms with E-state index in [0.717, 1.165) is 0 Å². The van der Waals surface area contributed by atoms with Crippen LogP contribution in [0.15, 0.2) is 5.18 Å². The standard InChI is InChI=1S/C5H9NO3S/c1-5(2,10)3(6-9)4(7)8/h3,10H,1-2H3,(H,7,8)/t3-/m1/s1. The number of nitrogens with zero attached hydrogens (tertiary/aromatic N) is 1. The van der Waals surface area contributed by atoms with Crippen molar-refractivity contribution in [1.29, 1.82) is 0 Å². The highest BCUT2D eigenvalue weighted by molar-refractivity contribution is 7.81. The van der Waals surface area contributed by atoms with Crippen molar-refractivity contribution < 1.29 is 9.90 Å². The van der Waals surface area contributed by atoms with Gasteiger partial charge in [0, 0.05) is 4.75 Å². The molecule has 0 radical (unpaired) electrons. The van der Waals surface area contributed by atoms with Gasteiger partial charge in [0.2, 0.25) is 6.04 Å². The smallest absolute Gasteiger partial charge is 0.333 e. The highest BCUT2D eigenvalue weighted by Crippen LogP contribution is 2.20. The Hall–Kier alpha value is -0.580. The fourth-order valence-corrected chi connectivity index (χ4v) is 0.634. The molecule has 0 saturated heterocycles. The minimum atomic E-state index is -1.28. The lowest BCUT2D eigenvalue weighted by Crippen LogP contribution is -2.35. The van der Waals surface area contributed by atoms with E-state index in [9.17, 15) is 9.70 Å². The van der Waals surface area contributed by atoms with Gasteiger partial charge in [-0.25, -0.2) is 4.79 Å². The Kier molecular flexibility index (Phi) is 2.83. The predicted octanol–water partition coefficient (Wildman–Crippen LogP) is 0.914. The molecule has 0 amide bonds. The zero-order valence-corrected chi connectivity index (χ0v) is 6.63. The van der Waals surface area contributed by atoms with E-state index in [1.807, 2.05) is 0 Å². The van der Waals surface area contributed by atoms with Crippen molar-refractivity contribution in [2.75, 3.05) is 0 Å². The Balaban J connectivity index is 4.36. The summed E-state index contributed by atoms with van der Waals surface area (Å²) in [6.07, 6.45) is 0. The van der Waals surface area contributed by atoms with Gasteiger partial charge < -0.3 is 5.11 Å². The van der Waals surface area contributed by atoms with E-state index in [-0.39, 0.29) is 0 Å². The largest absolute Gasteiger partial charge is 0.480 e. The number of rotatable bonds is 3. The number of carboxylic acids is 1. The summed E-state index contributed by atoms with van der Waals surface area (Å²) in [5.41, 5.74) is 0. The lowest BCUT2D eigenvalue weighted by Gasteiger charge is -2.18. The van der Waals surface area contributed by atoms with E-state index >= 15 is 0 Å². The number of nitroso groups, excluding NO2 is 1. The second kappa shape index (κ2) is 3.01. The van der Waals surface area contributed by atoms with E-state index in [1.165, 1.54) is 13.8 Å². The average Bonchev–Trinajstić information content (AvgIpc) is 1.60. The van der Waals surface area contributed by atoms with Crippen molar-refractivity contribution in [1.82, 2.24) is 0 Å². The molecule has 0 aliphatic carbocycles. The first kappa shape index (κ1) is 9.42. The molecule has 0 aliphatic rings. The SMILES string of the molecule is CC(C)(S)[C@H](N=O)C(=O)O. The van der Waals surface area contributed by atoms with Crippen molar-refractivity contribution >= 4 is 18.6 Å². The lowest BCUT2D eigenvalue weighted by atomic mass is 10.1. The first-order chi connectivity index (χ1) is 4.39. The Labute approximate surface area is 64.0 Å². The molecule has 0 fully saturated rings. The molecule has 0 bridgehead atoms. The second-order valence-electron chi connectivity index (χ2n) is 2.50. The van der Waals surface area contributed by atoms with Gasteiger partial charge in [0.25, 0.3) is 0 Å². The summed E-state index contributed by atoms with van der Waals surface area (Å²) in [6, 6.07) is -1.28. The molecule has 58 valence electrons. The fourth-order valence-electron chi connectivity index (χ4n) is 0.476. The van der Waals surface area contributed by atoms with Crippen LogP contribution in [0.5, 0.6) is 0 Å². The van der Waals surface area contributed by atoms with Gasteiger partial charge in [-0.05, 0) is 13.8 Å². The summed E-state index contributed by atoms with van der Waals surface area (Å²) < 4.78 is -0.895. The van der Waals surface area contributed by atoms with Crippen LogP contribution in [0.2, 0.25) is 0 Å². The molecular weight excluding hydrogens is 154 g/mol. The molecule has 0 heterocycles. The summed E-state index contributed by atoms with van der Waals surface area (Å²) in [6.45, 7) is 3.05. The van der Waals surface area contributed by atoms with E-state index in [4.69, 9.17) is 5.11 Å². The van der Waals surface area contributed by atoms with Gasteiger partial charge in [-0.15, -0.1) is 4.91 Å². The van der Waals surface area contributed by atoms with Crippen LogP contribution >= 0.6 is 12.6 Å². The molecule has 1 N–H and O–H groups in total. The number of thiol groups is 1. The summed E-state index contributed by atoms with van der Waals surface area (Å²) in [5, 5.41) is 10.8. The molecule has 0 spiro atoms. The number of hydrogen-bond acceptors (Lipinski definition) is 4. The molecule has 0 aliphatic heterocycles. The van der Waals surface area contributed by atoms with E-state index in [1.54, 1.807) is 0 Å². The highest BCUT2D eigenvalue weighted by Gasteiger charge is 2.33. The summed E-state index contributed by atoms with van der Waals surface area (Å²) in [7, 11) is 0. The second-order valence-corrected chi connectivity index (χ2v) is 3.65. The van der Waals surface area contributed by atoms with Crippen molar-refractivity contribution in [2.45, 2.75) is 24.6 Å². The van der Waals surface area contributed by atoms with Gasteiger partial charge in [-0.3, -0.25) is 0 Å². The molecule has 0 aromatic carbocycles. The first-order valence-corrected chi connectivity index (χ1v) is 3.12. The maximum atomic E-state index is 10.2. The van der Waals surface area contributed by atoms with Crippen LogP contribution in [0.4, 0.5) is 0 Å². The van der Waals surface area contributed by atoms with E-state index in [2.05, 4.69) is 17.8 Å². The third kappa shape index (κ3) is 2.34. The van der Waals surface area contributed by atoms with Gasteiger partial charge in [0.05, 0.1) is 0 Å². The molecule has 5 heteroatoms. The van der Waals surface area contributed by atoms with Crippen LogP contribution in [-0.4, -0.2) is 21.9 Å². The van der Waals surface area contributed by atoms with Gasteiger partial charge in [0.15, 0.2) is 0 Å². The molecule has 0 rings (SSSR count). The van der Waals surface area contributed by atoms with Crippen LogP contribution in [0.25, 0.3) is 0 Å². The molecule has 0 saturated carbocycles. The fraction of sp³-hybridized carbons (Fsp3) is 0.800. The zero-order chi connectivity index (χ0) is 8.36. The number of aliphatic carboxylic acids is 1. The van der Waals surface area contributed by atoms with Crippen LogP contribution in [0, 0.1) is 4.91 Å². The topological polar surface area (TPSA) is 66.7 Å². The zero-order valence-electron chi connectivity index (χ0n) is 5.74. The van der Waals surface area contributed by atoms with Crippen molar-refractivity contribution in [3.05, 3.63) is 4.91 Å². The third-order valence-corrected chi connectivity index (χ3v) is 1.25. The average molecular weight is 163 g/mol. The van der Waals surface area contributed by atoms with Gasteiger partial charge >= 0.3 is 5.97 Å². The summed E-state index contributed by atoms with van der Waals surface area (Å²) in [5.74, 6) is -1.24. The number of carboxylic acid groups (broad SMARTS) is 1. The van der Waals surface area contributed by atoms with Gasteiger partial charge in [-0.2, -0.15) is 12.6 Å². The molecular formula is C5H9NO3S. The van der Waals surface area contributed by atoms with Crippen LogP contribution < -0.4 is 0 Å². The third-order valence-electron chi connectivity index (χ3n) is 1.01. The maximum absolute atomic E-state index is 10.2. The number of carbonyl (C=O) groups is 1. The Morgan fingerprint density at radius 1 is 1.70 bits per heavy atom. The molecule has 0 aromatic rings. The van der Waals surface area contributed by atoms with Gasteiger partial charge in [-0.1, -0.05) is 5.18 Å². The number of hydrogen-bond donors (Lipinski definition) is 2. The quantitative estimate of drug-likeness (QED) is 0.480. The normalized spacial score (nSPS) is 14.3. The molecule has 1 atom stereocenters. The van der Waals surface area contributed by atoms with Crippen LogP contribution in [0.3, 0.4) is 0 Å². The van der Waals surface area contributed by atoms with Crippen molar-refractivity contribution in [3.8, 4) is 0 Å². The predicted molar refractivity (Wildman–Crippen MR) is 40.3 cm³/mol. The van der Waals surface area contributed by atoms with E-state index < -0.39 is 16.8 Å². The lowest BCUT2D eigenvalue weighted by molar-refractivity contribution is -0.139. The summed E-state index contributed by atoms with van der Waals surface area (Å²) >= 11 is 3.89. The molecule has 0 aromatic heterocycles. The minimum Gasteiger partial charge on any atom is -0.480 e. The minimum absolute atomic E-state index is 0.895. The van der Waals surface area contributed by atoms with Crippen LogP contribution in [0.1, 0.15) is 13.8 Å². The van der Waals surface area contributed by atoms with Gasteiger partial charge in [0.1, 0.15) is 0 Å². The summed E-state index contributed by atoms with van der Waals surface area (Å²) in [4.78, 5) is 20.1. The molecule has 4 nitrogen and oxygen atoms in total. The van der Waals surface area contributed by atoms with Crippen molar-refractivity contribution in [2.24, 2.45) is 5.18 Å². The Morgan fingerprint density at radius 2 is 2.10 bits per heavy atom. The highest BCUT2D eigenvalue weighted by atomic mass is 32.1. The Morgan fingerprint density at radius 3 is 2.10 bits per heavy atom. The van der Waals surface area contributed by atoms with E-state index in [0.29, 0.717) is 0 Å².